The molecule has 3 aliphatic rings. The molecule has 8 heteroatoms. The Morgan fingerprint density at radius 3 is 1.63 bits per heavy atom. The van der Waals surface area contributed by atoms with Crippen LogP contribution in [0, 0.1) is 0 Å². The van der Waals surface area contributed by atoms with Crippen LogP contribution in [0.15, 0.2) is 30.3 Å². The fraction of sp³-hybridized carbons (Fsp3) is 0.684. The van der Waals surface area contributed by atoms with E-state index in [0.717, 1.165) is 18.7 Å². The summed E-state index contributed by atoms with van der Waals surface area (Å²) in [6.45, 7) is 8.38. The fourth-order valence-corrected chi connectivity index (χ4v) is 7.90. The van der Waals surface area contributed by atoms with Gasteiger partial charge in [0.25, 0.3) is 0 Å². The molecule has 3 saturated heterocycles. The van der Waals surface area contributed by atoms with Crippen molar-refractivity contribution in [3.63, 3.8) is 0 Å². The second kappa shape index (κ2) is 9.14. The number of rotatable bonds is 5. The minimum Gasteiger partial charge on any atom is -0.379 e. The lowest BCUT2D eigenvalue weighted by molar-refractivity contribution is 0.0199. The summed E-state index contributed by atoms with van der Waals surface area (Å²) in [5.41, 5.74) is 1.13. The molecule has 0 radical (unpaired) electrons. The minimum atomic E-state index is -2.89. The fourth-order valence-electron chi connectivity index (χ4n) is 4.23. The summed E-state index contributed by atoms with van der Waals surface area (Å²) >= 11 is 0. The molecule has 4 rings (SSSR count). The molecule has 3 fully saturated rings. The van der Waals surface area contributed by atoms with E-state index < -0.39 is 7.44 Å². The van der Waals surface area contributed by atoms with Crippen molar-refractivity contribution in [2.45, 2.75) is 5.78 Å². The molecule has 0 amide bonds. The third kappa shape index (κ3) is 4.15. The second-order valence-corrected chi connectivity index (χ2v) is 9.95. The van der Waals surface area contributed by atoms with Gasteiger partial charge < -0.3 is 14.2 Å². The predicted molar refractivity (Wildman–Crippen MR) is 104 cm³/mol. The lowest BCUT2D eigenvalue weighted by Gasteiger charge is -2.49. The lowest BCUT2D eigenvalue weighted by Crippen LogP contribution is -2.49. The highest BCUT2D eigenvalue weighted by atomic mass is 31.2. The Bertz CT molecular complexity index is 607. The van der Waals surface area contributed by atoms with E-state index in [4.69, 9.17) is 14.2 Å². The monoisotopic (exact) mass is 395 g/mol. The molecule has 27 heavy (non-hydrogen) atoms. The molecular weight excluding hydrogens is 365 g/mol. The highest BCUT2D eigenvalue weighted by Crippen LogP contribution is 2.65. The van der Waals surface area contributed by atoms with Gasteiger partial charge in [0.2, 0.25) is 7.44 Å². The van der Waals surface area contributed by atoms with Crippen LogP contribution in [-0.2, 0) is 18.8 Å². The number of morpholine rings is 3. The van der Waals surface area contributed by atoms with Crippen LogP contribution in [0.4, 0.5) is 0 Å². The Labute approximate surface area is 161 Å². The summed E-state index contributed by atoms with van der Waals surface area (Å²) in [5.74, 6) is -0.154. The summed E-state index contributed by atoms with van der Waals surface area (Å²) in [5, 5.41) is 0. The maximum absolute atomic E-state index is 15.0. The van der Waals surface area contributed by atoms with Crippen LogP contribution >= 0.6 is 7.44 Å². The third-order valence-corrected chi connectivity index (χ3v) is 9.28. The van der Waals surface area contributed by atoms with Crippen molar-refractivity contribution in [2.75, 3.05) is 78.9 Å². The van der Waals surface area contributed by atoms with Gasteiger partial charge in [0.15, 0.2) is 0 Å². The standard InChI is InChI=1S/C19H30N3O4P/c23-27(21-8-14-25-15-9-21,22-10-16-26-17-11-22)19(18-4-2-1-3-5-18)20-6-12-24-13-7-20/h1-5,19H,6-17H2. The zero-order valence-electron chi connectivity index (χ0n) is 15.9. The summed E-state index contributed by atoms with van der Waals surface area (Å²) in [7, 11) is -2.89. The lowest BCUT2D eigenvalue weighted by atomic mass is 10.2. The topological polar surface area (TPSA) is 54.5 Å². The molecule has 3 heterocycles. The summed E-state index contributed by atoms with van der Waals surface area (Å²) in [6, 6.07) is 10.4. The van der Waals surface area contributed by atoms with E-state index in [9.17, 15) is 4.57 Å². The van der Waals surface area contributed by atoms with Crippen molar-refractivity contribution in [1.29, 1.82) is 0 Å². The maximum atomic E-state index is 15.0. The molecule has 1 unspecified atom stereocenters. The van der Waals surface area contributed by atoms with E-state index in [1.807, 2.05) is 18.2 Å². The Morgan fingerprint density at radius 1 is 0.704 bits per heavy atom. The van der Waals surface area contributed by atoms with Gasteiger partial charge in [-0.3, -0.25) is 9.46 Å². The molecule has 1 atom stereocenters. The Balaban J connectivity index is 1.75. The molecule has 0 N–H and O–H groups in total. The van der Waals surface area contributed by atoms with Crippen LogP contribution in [-0.4, -0.2) is 93.2 Å². The summed E-state index contributed by atoms with van der Waals surface area (Å²) in [6.07, 6.45) is 0. The number of hydrogen-bond acceptors (Lipinski definition) is 5. The molecule has 0 bridgehead atoms. The Kier molecular flexibility index (Phi) is 6.61. The molecule has 0 saturated carbocycles. The van der Waals surface area contributed by atoms with Crippen molar-refractivity contribution in [2.24, 2.45) is 0 Å². The number of hydrogen-bond donors (Lipinski definition) is 0. The Morgan fingerprint density at radius 2 is 1.15 bits per heavy atom. The zero-order chi connectivity index (χ0) is 18.5. The van der Waals surface area contributed by atoms with E-state index in [-0.39, 0.29) is 5.78 Å². The maximum Gasteiger partial charge on any atom is 0.237 e. The zero-order valence-corrected chi connectivity index (χ0v) is 16.8. The van der Waals surface area contributed by atoms with E-state index in [1.165, 1.54) is 0 Å². The first kappa shape index (κ1) is 19.5. The first-order chi connectivity index (χ1) is 13.3. The van der Waals surface area contributed by atoms with Crippen LogP contribution in [0.3, 0.4) is 0 Å². The van der Waals surface area contributed by atoms with Gasteiger partial charge in [-0.2, -0.15) is 0 Å². The van der Waals surface area contributed by atoms with Gasteiger partial charge in [0, 0.05) is 39.3 Å². The van der Waals surface area contributed by atoms with Crippen molar-refractivity contribution < 1.29 is 18.8 Å². The van der Waals surface area contributed by atoms with Gasteiger partial charge in [-0.05, 0) is 5.56 Å². The molecule has 3 aliphatic heterocycles. The second-order valence-electron chi connectivity index (χ2n) is 7.15. The number of benzene rings is 1. The van der Waals surface area contributed by atoms with Crippen molar-refractivity contribution >= 4 is 7.44 Å². The normalized spacial score (nSPS) is 25.3. The molecule has 150 valence electrons. The van der Waals surface area contributed by atoms with Crippen LogP contribution in [0.25, 0.3) is 0 Å². The van der Waals surface area contributed by atoms with Gasteiger partial charge in [-0.1, -0.05) is 30.3 Å². The van der Waals surface area contributed by atoms with Gasteiger partial charge in [0.05, 0.1) is 39.6 Å². The molecule has 7 nitrogen and oxygen atoms in total. The molecule has 0 aliphatic carbocycles. The highest BCUT2D eigenvalue weighted by molar-refractivity contribution is 7.59. The van der Waals surface area contributed by atoms with Gasteiger partial charge >= 0.3 is 0 Å². The van der Waals surface area contributed by atoms with Crippen LogP contribution in [0.2, 0.25) is 0 Å². The van der Waals surface area contributed by atoms with Crippen molar-refractivity contribution in [1.82, 2.24) is 14.2 Å². The smallest absolute Gasteiger partial charge is 0.237 e. The van der Waals surface area contributed by atoms with Crippen molar-refractivity contribution in [3.05, 3.63) is 35.9 Å². The average molecular weight is 395 g/mol. The third-order valence-electron chi connectivity index (χ3n) is 5.59. The highest BCUT2D eigenvalue weighted by Gasteiger charge is 2.48. The summed E-state index contributed by atoms with van der Waals surface area (Å²) in [4.78, 5) is 2.37. The SMILES string of the molecule is O=P(C(c1ccccc1)N1CCOCC1)(N1CCOCC1)N1CCOCC1. The molecule has 1 aromatic rings. The quantitative estimate of drug-likeness (QED) is 0.706. The number of nitrogens with zero attached hydrogens (tertiary/aromatic N) is 3. The first-order valence-corrected chi connectivity index (χ1v) is 11.6. The van der Waals surface area contributed by atoms with Crippen LogP contribution in [0.5, 0.6) is 0 Å². The van der Waals surface area contributed by atoms with E-state index >= 15 is 0 Å². The van der Waals surface area contributed by atoms with Gasteiger partial charge in [-0.15, -0.1) is 0 Å². The predicted octanol–water partition coefficient (Wildman–Crippen LogP) is 1.87. The molecule has 0 spiro atoms. The largest absolute Gasteiger partial charge is 0.379 e. The van der Waals surface area contributed by atoms with E-state index in [0.29, 0.717) is 65.8 Å². The van der Waals surface area contributed by atoms with Crippen LogP contribution in [0.1, 0.15) is 11.3 Å². The minimum absolute atomic E-state index is 0.154. The van der Waals surface area contributed by atoms with E-state index in [1.54, 1.807) is 0 Å². The number of ether oxygens (including phenoxy) is 3. The Hall–Kier alpha value is -0.790. The molecular formula is C19H30N3O4P. The summed E-state index contributed by atoms with van der Waals surface area (Å²) < 4.78 is 36.1. The first-order valence-electron chi connectivity index (χ1n) is 9.93. The molecule has 0 aromatic heterocycles. The molecule has 1 aromatic carbocycles. The van der Waals surface area contributed by atoms with Gasteiger partial charge in [-0.25, -0.2) is 9.34 Å². The average Bonchev–Trinajstić information content (AvgIpc) is 2.76. The van der Waals surface area contributed by atoms with Crippen molar-refractivity contribution in [3.8, 4) is 0 Å². The van der Waals surface area contributed by atoms with E-state index in [2.05, 4.69) is 26.4 Å². The van der Waals surface area contributed by atoms with Crippen LogP contribution < -0.4 is 0 Å². The van der Waals surface area contributed by atoms with Gasteiger partial charge in [0.1, 0.15) is 5.78 Å².